The van der Waals surface area contributed by atoms with Crippen LogP contribution in [0.25, 0.3) is 33.5 Å². The van der Waals surface area contributed by atoms with Crippen molar-refractivity contribution in [1.82, 2.24) is 9.97 Å². The fraction of sp³-hybridized carbons (Fsp3) is 0.0690. The third-order valence-electron chi connectivity index (χ3n) is 5.68. The number of nitrogens with zero attached hydrogens (tertiary/aromatic N) is 2. The lowest BCUT2D eigenvalue weighted by molar-refractivity contribution is 0.102. The molecule has 0 spiro atoms. The molecule has 5 rings (SSSR count). The van der Waals surface area contributed by atoms with Gasteiger partial charge in [-0.1, -0.05) is 79.7 Å². The number of aryl methyl sites for hydroxylation is 1. The van der Waals surface area contributed by atoms with E-state index in [9.17, 15) is 4.79 Å². The van der Waals surface area contributed by atoms with Crippen LogP contribution in [0, 0.1) is 0 Å². The Morgan fingerprint density at radius 3 is 1.85 bits per heavy atom. The first kappa shape index (κ1) is 20.6. The van der Waals surface area contributed by atoms with Crippen molar-refractivity contribution in [3.63, 3.8) is 0 Å². The van der Waals surface area contributed by atoms with Crippen LogP contribution in [0.4, 0.5) is 5.69 Å². The number of benzene rings is 4. The highest BCUT2D eigenvalue weighted by Gasteiger charge is 2.14. The van der Waals surface area contributed by atoms with E-state index in [1.165, 1.54) is 0 Å². The van der Waals surface area contributed by atoms with Gasteiger partial charge in [-0.2, -0.15) is 0 Å². The predicted octanol–water partition coefficient (Wildman–Crippen LogP) is 6.78. The first-order chi connectivity index (χ1) is 16.2. The summed E-state index contributed by atoms with van der Waals surface area (Å²) in [6.45, 7) is 2.08. The molecule has 0 saturated carbocycles. The average molecular weight is 430 g/mol. The lowest BCUT2D eigenvalue weighted by atomic mass is 10.0. The maximum atomic E-state index is 12.9. The van der Waals surface area contributed by atoms with Crippen molar-refractivity contribution in [2.24, 2.45) is 0 Å². The van der Waals surface area contributed by atoms with Crippen LogP contribution >= 0.6 is 0 Å². The Bertz CT molecular complexity index is 1430. The Kier molecular flexibility index (Phi) is 5.64. The summed E-state index contributed by atoms with van der Waals surface area (Å²) in [4.78, 5) is 22.7. The summed E-state index contributed by atoms with van der Waals surface area (Å²) in [6, 6.07) is 33.4. The highest BCUT2D eigenvalue weighted by Crippen LogP contribution is 2.31. The summed E-state index contributed by atoms with van der Waals surface area (Å²) < 4.78 is 0. The van der Waals surface area contributed by atoms with Gasteiger partial charge in [-0.25, -0.2) is 9.97 Å². The largest absolute Gasteiger partial charge is 0.322 e. The number of rotatable bonds is 5. The van der Waals surface area contributed by atoms with Gasteiger partial charge in [0.1, 0.15) is 0 Å². The van der Waals surface area contributed by atoms with Gasteiger partial charge in [0.15, 0.2) is 0 Å². The molecule has 0 bridgehead atoms. The zero-order chi connectivity index (χ0) is 22.6. The minimum absolute atomic E-state index is 0.129. The van der Waals surface area contributed by atoms with Crippen molar-refractivity contribution in [3.05, 3.63) is 114 Å². The van der Waals surface area contributed by atoms with Crippen molar-refractivity contribution < 1.29 is 4.79 Å². The van der Waals surface area contributed by atoms with Crippen LogP contribution in [0.1, 0.15) is 22.8 Å². The molecule has 0 aliphatic heterocycles. The summed E-state index contributed by atoms with van der Waals surface area (Å²) in [6.07, 6.45) is 0.859. The number of amides is 1. The molecule has 1 N–H and O–H groups in total. The quantitative estimate of drug-likeness (QED) is 0.335. The second-order valence-electron chi connectivity index (χ2n) is 7.82. The Morgan fingerprint density at radius 2 is 1.21 bits per heavy atom. The Morgan fingerprint density at radius 1 is 0.667 bits per heavy atom. The summed E-state index contributed by atoms with van der Waals surface area (Å²) in [7, 11) is 0. The number of hydrogen-bond acceptors (Lipinski definition) is 3. The van der Waals surface area contributed by atoms with Crippen molar-refractivity contribution in [2.75, 3.05) is 5.32 Å². The third kappa shape index (κ3) is 4.23. The molecule has 0 atom stereocenters. The lowest BCUT2D eigenvalue weighted by Crippen LogP contribution is -2.13. The molecule has 33 heavy (non-hydrogen) atoms. The summed E-state index contributed by atoms with van der Waals surface area (Å²) >= 11 is 0. The maximum Gasteiger partial charge on any atom is 0.255 e. The van der Waals surface area contributed by atoms with E-state index in [2.05, 4.69) is 12.2 Å². The second-order valence-corrected chi connectivity index (χ2v) is 7.82. The van der Waals surface area contributed by atoms with Crippen LogP contribution < -0.4 is 5.32 Å². The zero-order valence-corrected chi connectivity index (χ0v) is 18.3. The summed E-state index contributed by atoms with van der Waals surface area (Å²) in [5.41, 5.74) is 7.78. The SMILES string of the molecule is CCc1ccccc1NC(=O)c1ccc(-c2nc3ccccc3nc2-c2ccccc2)cc1. The number of carbonyl (C=O) groups excluding carboxylic acids is 1. The highest BCUT2D eigenvalue weighted by atomic mass is 16.1. The fourth-order valence-electron chi connectivity index (χ4n) is 3.92. The number of hydrogen-bond donors (Lipinski definition) is 1. The highest BCUT2D eigenvalue weighted by molar-refractivity contribution is 6.05. The van der Waals surface area contributed by atoms with Crippen LogP contribution in [0.3, 0.4) is 0 Å². The van der Waals surface area contributed by atoms with Crippen LogP contribution in [0.15, 0.2) is 103 Å². The maximum absolute atomic E-state index is 12.9. The molecular formula is C29H23N3O. The molecule has 0 unspecified atom stereocenters. The topological polar surface area (TPSA) is 54.9 Å². The van der Waals surface area contributed by atoms with Gasteiger partial charge in [0.25, 0.3) is 5.91 Å². The van der Waals surface area contributed by atoms with E-state index < -0.39 is 0 Å². The lowest BCUT2D eigenvalue weighted by Gasteiger charge is -2.12. The standard InChI is InChI=1S/C29H23N3O/c1-2-20-10-6-7-13-24(20)32-29(33)23-18-16-22(17-19-23)28-27(21-11-4-3-5-12-21)30-25-14-8-9-15-26(25)31-28/h3-19H,2H2,1H3,(H,32,33). The smallest absolute Gasteiger partial charge is 0.255 e. The van der Waals surface area contributed by atoms with E-state index in [-0.39, 0.29) is 5.91 Å². The molecule has 1 heterocycles. The molecule has 0 aliphatic rings. The van der Waals surface area contributed by atoms with Gasteiger partial charge in [-0.15, -0.1) is 0 Å². The molecule has 160 valence electrons. The van der Waals surface area contributed by atoms with Gasteiger partial charge in [-0.3, -0.25) is 4.79 Å². The molecule has 0 aliphatic carbocycles. The van der Waals surface area contributed by atoms with Crippen molar-refractivity contribution >= 4 is 22.6 Å². The van der Waals surface area contributed by atoms with Crippen LogP contribution in [0.5, 0.6) is 0 Å². The minimum Gasteiger partial charge on any atom is -0.322 e. The molecule has 0 saturated heterocycles. The number of para-hydroxylation sites is 3. The Labute approximate surface area is 193 Å². The second kappa shape index (κ2) is 9.05. The summed E-state index contributed by atoms with van der Waals surface area (Å²) in [5, 5.41) is 3.03. The fourth-order valence-corrected chi connectivity index (χ4v) is 3.92. The molecule has 4 nitrogen and oxygen atoms in total. The van der Waals surface area contributed by atoms with Crippen LogP contribution in [-0.2, 0) is 6.42 Å². The monoisotopic (exact) mass is 429 g/mol. The van der Waals surface area contributed by atoms with E-state index in [1.807, 2.05) is 103 Å². The number of carbonyl (C=O) groups is 1. The molecule has 5 aromatic rings. The van der Waals surface area contributed by atoms with Gasteiger partial charge in [-0.05, 0) is 42.3 Å². The molecule has 0 fully saturated rings. The number of nitrogens with one attached hydrogen (secondary N) is 1. The van der Waals surface area contributed by atoms with E-state index >= 15 is 0 Å². The molecule has 4 aromatic carbocycles. The predicted molar refractivity (Wildman–Crippen MR) is 134 cm³/mol. The van der Waals surface area contributed by atoms with Gasteiger partial charge < -0.3 is 5.32 Å². The molecule has 1 aromatic heterocycles. The average Bonchev–Trinajstić information content (AvgIpc) is 2.89. The third-order valence-corrected chi connectivity index (χ3v) is 5.68. The van der Waals surface area contributed by atoms with E-state index in [1.54, 1.807) is 0 Å². The first-order valence-electron chi connectivity index (χ1n) is 11.0. The van der Waals surface area contributed by atoms with Gasteiger partial charge >= 0.3 is 0 Å². The number of fused-ring (bicyclic) bond motifs is 1. The van der Waals surface area contributed by atoms with Crippen LogP contribution in [0.2, 0.25) is 0 Å². The number of anilines is 1. The van der Waals surface area contributed by atoms with Gasteiger partial charge in [0.2, 0.25) is 0 Å². The van der Waals surface area contributed by atoms with E-state index in [0.29, 0.717) is 5.56 Å². The first-order valence-corrected chi connectivity index (χ1v) is 11.0. The molecule has 1 amide bonds. The molecular weight excluding hydrogens is 406 g/mol. The summed E-state index contributed by atoms with van der Waals surface area (Å²) in [5.74, 6) is -0.129. The van der Waals surface area contributed by atoms with Crippen LogP contribution in [-0.4, -0.2) is 15.9 Å². The van der Waals surface area contributed by atoms with Gasteiger partial charge in [0.05, 0.1) is 22.4 Å². The number of aromatic nitrogens is 2. The Balaban J connectivity index is 1.51. The van der Waals surface area contributed by atoms with E-state index in [4.69, 9.17) is 9.97 Å². The molecule has 0 radical (unpaired) electrons. The van der Waals surface area contributed by atoms with Gasteiger partial charge in [0, 0.05) is 22.4 Å². The van der Waals surface area contributed by atoms with Crippen molar-refractivity contribution in [2.45, 2.75) is 13.3 Å². The zero-order valence-electron chi connectivity index (χ0n) is 18.3. The van der Waals surface area contributed by atoms with Crippen molar-refractivity contribution in [1.29, 1.82) is 0 Å². The Hall–Kier alpha value is -4.31. The molecule has 4 heteroatoms. The van der Waals surface area contributed by atoms with Crippen molar-refractivity contribution in [3.8, 4) is 22.5 Å². The van der Waals surface area contributed by atoms with E-state index in [0.717, 1.165) is 51.2 Å². The normalized spacial score (nSPS) is 10.8. The minimum atomic E-state index is -0.129.